The highest BCUT2D eigenvalue weighted by Gasteiger charge is 2.27. The molecule has 0 N–H and O–H groups in total. The fourth-order valence-electron chi connectivity index (χ4n) is 1.77. The summed E-state index contributed by atoms with van der Waals surface area (Å²) in [4.78, 5) is 7.81. The third-order valence-corrected chi connectivity index (χ3v) is 3.39. The summed E-state index contributed by atoms with van der Waals surface area (Å²) in [5.74, 6) is -0.0156. The van der Waals surface area contributed by atoms with Crippen LogP contribution in [-0.2, 0) is 6.42 Å². The zero-order chi connectivity index (χ0) is 15.6. The first-order chi connectivity index (χ1) is 9.76. The van der Waals surface area contributed by atoms with E-state index in [9.17, 15) is 13.2 Å². The van der Waals surface area contributed by atoms with Crippen molar-refractivity contribution in [3.8, 4) is 11.1 Å². The van der Waals surface area contributed by atoms with Gasteiger partial charge in [-0.3, -0.25) is 0 Å². The smallest absolute Gasteiger partial charge is 0.220 e. The Morgan fingerprint density at radius 3 is 2.00 bits per heavy atom. The van der Waals surface area contributed by atoms with Gasteiger partial charge in [0.1, 0.15) is 16.1 Å². The van der Waals surface area contributed by atoms with Gasteiger partial charge in [0.25, 0.3) is 0 Å². The number of rotatable bonds is 3. The van der Waals surface area contributed by atoms with Gasteiger partial charge in [-0.15, -0.1) is 0 Å². The van der Waals surface area contributed by atoms with Crippen LogP contribution in [0.1, 0.15) is 17.8 Å². The molecule has 1 aromatic heterocycles. The highest BCUT2D eigenvalue weighted by Crippen LogP contribution is 2.33. The summed E-state index contributed by atoms with van der Waals surface area (Å²) in [6.07, 6.45) is -5.63. The summed E-state index contributed by atoms with van der Waals surface area (Å²) < 4.78 is 36.6. The predicted molar refractivity (Wildman–Crippen MR) is 76.6 cm³/mol. The van der Waals surface area contributed by atoms with Crippen molar-refractivity contribution in [2.75, 3.05) is 0 Å². The molecule has 0 aliphatic rings. The van der Waals surface area contributed by atoms with Crippen LogP contribution in [0.15, 0.2) is 24.3 Å². The van der Waals surface area contributed by atoms with Gasteiger partial charge in [0.05, 0.1) is 12.0 Å². The standard InChI is InChI=1S/C14H11Cl2F3N2/c1-8-2-4-9(5-3-8)11-12(15)20-10(21-13(11)16)6-7-14(17,18)19/h2-5H,6-7H2,1H3. The van der Waals surface area contributed by atoms with Crippen LogP contribution in [0.4, 0.5) is 13.2 Å². The molecule has 1 aromatic carbocycles. The molecule has 0 aliphatic carbocycles. The fourth-order valence-corrected chi connectivity index (χ4v) is 2.41. The van der Waals surface area contributed by atoms with Crippen LogP contribution in [0.5, 0.6) is 0 Å². The maximum atomic E-state index is 12.2. The molecule has 0 amide bonds. The van der Waals surface area contributed by atoms with E-state index < -0.39 is 12.6 Å². The summed E-state index contributed by atoms with van der Waals surface area (Å²) in [6, 6.07) is 7.36. The first-order valence-corrected chi connectivity index (χ1v) is 6.87. The summed E-state index contributed by atoms with van der Waals surface area (Å²) >= 11 is 12.1. The normalized spacial score (nSPS) is 11.7. The van der Waals surface area contributed by atoms with Gasteiger partial charge in [0.15, 0.2) is 0 Å². The Balaban J connectivity index is 2.31. The molecule has 0 unspecified atom stereocenters. The van der Waals surface area contributed by atoms with E-state index in [0.717, 1.165) is 11.1 Å². The molecule has 7 heteroatoms. The second kappa shape index (κ2) is 6.20. The Bertz CT molecular complexity index is 617. The number of benzene rings is 1. The molecule has 2 rings (SSSR count). The van der Waals surface area contributed by atoms with E-state index in [1.807, 2.05) is 19.1 Å². The van der Waals surface area contributed by atoms with Crippen molar-refractivity contribution in [2.24, 2.45) is 0 Å². The molecular weight excluding hydrogens is 324 g/mol. The highest BCUT2D eigenvalue weighted by atomic mass is 35.5. The van der Waals surface area contributed by atoms with Gasteiger partial charge in [-0.05, 0) is 12.5 Å². The van der Waals surface area contributed by atoms with Gasteiger partial charge in [0, 0.05) is 6.42 Å². The monoisotopic (exact) mass is 334 g/mol. The molecule has 0 atom stereocenters. The first-order valence-electron chi connectivity index (χ1n) is 6.12. The quantitative estimate of drug-likeness (QED) is 0.716. The van der Waals surface area contributed by atoms with E-state index in [1.165, 1.54) is 0 Å². The Kier molecular flexibility index (Phi) is 4.74. The van der Waals surface area contributed by atoms with E-state index >= 15 is 0 Å². The summed E-state index contributed by atoms with van der Waals surface area (Å²) in [7, 11) is 0. The molecule has 0 bridgehead atoms. The molecule has 2 nitrogen and oxygen atoms in total. The van der Waals surface area contributed by atoms with Crippen LogP contribution in [0, 0.1) is 6.92 Å². The minimum atomic E-state index is -4.27. The summed E-state index contributed by atoms with van der Waals surface area (Å²) in [5, 5.41) is 0.104. The topological polar surface area (TPSA) is 25.8 Å². The van der Waals surface area contributed by atoms with Crippen LogP contribution in [0.3, 0.4) is 0 Å². The lowest BCUT2D eigenvalue weighted by molar-refractivity contribution is -0.134. The van der Waals surface area contributed by atoms with Crippen LogP contribution < -0.4 is 0 Å². The van der Waals surface area contributed by atoms with Crippen molar-refractivity contribution in [3.63, 3.8) is 0 Å². The molecule has 0 fully saturated rings. The number of aryl methyl sites for hydroxylation is 2. The number of alkyl halides is 3. The number of nitrogens with zero attached hydrogens (tertiary/aromatic N) is 2. The molecular formula is C14H11Cl2F3N2. The van der Waals surface area contributed by atoms with Crippen molar-refractivity contribution in [1.29, 1.82) is 0 Å². The summed E-state index contributed by atoms with van der Waals surface area (Å²) in [5.41, 5.74) is 2.21. The van der Waals surface area contributed by atoms with Gasteiger partial charge in [-0.2, -0.15) is 13.2 Å². The van der Waals surface area contributed by atoms with Crippen molar-refractivity contribution in [1.82, 2.24) is 9.97 Å². The Hall–Kier alpha value is -1.33. The SMILES string of the molecule is Cc1ccc(-c2c(Cl)nc(CCC(F)(F)F)nc2Cl)cc1. The average Bonchev–Trinajstić information content (AvgIpc) is 2.37. The maximum absolute atomic E-state index is 12.2. The molecule has 0 spiro atoms. The molecule has 0 saturated heterocycles. The van der Waals surface area contributed by atoms with Crippen molar-refractivity contribution < 1.29 is 13.2 Å². The second-order valence-electron chi connectivity index (χ2n) is 4.58. The van der Waals surface area contributed by atoms with Crippen LogP contribution >= 0.6 is 23.2 Å². The summed E-state index contributed by atoms with van der Waals surface area (Å²) in [6.45, 7) is 1.93. The van der Waals surface area contributed by atoms with Gasteiger partial charge >= 0.3 is 6.18 Å². The van der Waals surface area contributed by atoms with Gasteiger partial charge in [-0.1, -0.05) is 53.0 Å². The fraction of sp³-hybridized carbons (Fsp3) is 0.286. The number of hydrogen-bond donors (Lipinski definition) is 0. The zero-order valence-electron chi connectivity index (χ0n) is 11.0. The van der Waals surface area contributed by atoms with E-state index in [2.05, 4.69) is 9.97 Å². The first kappa shape index (κ1) is 16.0. The number of halogens is 5. The van der Waals surface area contributed by atoms with E-state index in [4.69, 9.17) is 23.2 Å². The Labute approximate surface area is 129 Å². The van der Waals surface area contributed by atoms with Gasteiger partial charge in [-0.25, -0.2) is 9.97 Å². The predicted octanol–water partition coefficient (Wildman–Crippen LogP) is 5.25. The molecule has 2 aromatic rings. The van der Waals surface area contributed by atoms with E-state index in [1.54, 1.807) is 12.1 Å². The average molecular weight is 335 g/mol. The van der Waals surface area contributed by atoms with Crippen molar-refractivity contribution >= 4 is 23.2 Å². The van der Waals surface area contributed by atoms with E-state index in [-0.39, 0.29) is 22.6 Å². The van der Waals surface area contributed by atoms with E-state index in [0.29, 0.717) is 5.56 Å². The third kappa shape index (κ3) is 4.32. The van der Waals surface area contributed by atoms with Crippen LogP contribution in [0.25, 0.3) is 11.1 Å². The van der Waals surface area contributed by atoms with Crippen LogP contribution in [0.2, 0.25) is 10.3 Å². The van der Waals surface area contributed by atoms with Gasteiger partial charge in [0.2, 0.25) is 0 Å². The van der Waals surface area contributed by atoms with Crippen molar-refractivity contribution in [2.45, 2.75) is 25.9 Å². The molecule has 0 saturated carbocycles. The number of hydrogen-bond acceptors (Lipinski definition) is 2. The number of aromatic nitrogens is 2. The Morgan fingerprint density at radius 1 is 1.00 bits per heavy atom. The minimum Gasteiger partial charge on any atom is -0.220 e. The molecule has 1 heterocycles. The van der Waals surface area contributed by atoms with Crippen LogP contribution in [-0.4, -0.2) is 16.1 Å². The maximum Gasteiger partial charge on any atom is 0.389 e. The van der Waals surface area contributed by atoms with Crippen molar-refractivity contribution in [3.05, 3.63) is 46.0 Å². The lowest BCUT2D eigenvalue weighted by Gasteiger charge is -2.10. The second-order valence-corrected chi connectivity index (χ2v) is 5.29. The minimum absolute atomic E-state index is 0.0156. The lowest BCUT2D eigenvalue weighted by atomic mass is 10.1. The molecule has 0 radical (unpaired) electrons. The lowest BCUT2D eigenvalue weighted by Crippen LogP contribution is -2.10. The largest absolute Gasteiger partial charge is 0.389 e. The Morgan fingerprint density at radius 2 is 1.52 bits per heavy atom. The molecule has 21 heavy (non-hydrogen) atoms. The van der Waals surface area contributed by atoms with Gasteiger partial charge < -0.3 is 0 Å². The molecule has 112 valence electrons. The third-order valence-electron chi connectivity index (χ3n) is 2.84. The highest BCUT2D eigenvalue weighted by molar-refractivity contribution is 6.37. The zero-order valence-corrected chi connectivity index (χ0v) is 12.5. The molecule has 0 aliphatic heterocycles.